The predicted octanol–water partition coefficient (Wildman–Crippen LogP) is 4.72. The molecule has 0 aromatic heterocycles. The van der Waals surface area contributed by atoms with Gasteiger partial charge in [-0.25, -0.2) is 4.31 Å². The average Bonchev–Trinajstić information content (AvgIpc) is 2.85. The van der Waals surface area contributed by atoms with E-state index in [1.54, 1.807) is 59.7 Å². The number of hydrogen-bond donors (Lipinski definition) is 0. The van der Waals surface area contributed by atoms with Gasteiger partial charge in [-0.15, -0.1) is 0 Å². The normalized spacial score (nSPS) is 15.5. The number of fused-ring (bicyclic) bond motifs is 1. The van der Waals surface area contributed by atoms with Gasteiger partial charge in [0.1, 0.15) is 12.2 Å². The summed E-state index contributed by atoms with van der Waals surface area (Å²) in [7, 11) is 5.05. The first-order chi connectivity index (χ1) is 17.0. The van der Waals surface area contributed by atoms with Gasteiger partial charge in [0, 0.05) is 39.3 Å². The Hall–Kier alpha value is -2.92. The number of alkyl halides is 3. The van der Waals surface area contributed by atoms with E-state index in [1.165, 1.54) is 7.11 Å². The number of rotatable bonds is 8. The number of halogens is 3. The van der Waals surface area contributed by atoms with Crippen molar-refractivity contribution in [3.63, 3.8) is 0 Å². The maximum atomic E-state index is 13.5. The smallest absolute Gasteiger partial charge is 0.471 e. The third-order valence-electron chi connectivity index (χ3n) is 5.96. The van der Waals surface area contributed by atoms with E-state index < -0.39 is 18.1 Å². The summed E-state index contributed by atoms with van der Waals surface area (Å²) >= 11 is 1.04. The van der Waals surface area contributed by atoms with E-state index in [1.807, 2.05) is 13.8 Å². The predicted molar refractivity (Wildman–Crippen MR) is 132 cm³/mol. The van der Waals surface area contributed by atoms with Gasteiger partial charge in [0.25, 0.3) is 5.91 Å². The summed E-state index contributed by atoms with van der Waals surface area (Å²) in [6.07, 6.45) is -4.80. The molecule has 0 bridgehead atoms. The zero-order chi connectivity index (χ0) is 26.6. The molecule has 36 heavy (non-hydrogen) atoms. The van der Waals surface area contributed by atoms with Gasteiger partial charge in [-0.3, -0.25) is 9.59 Å². The minimum absolute atomic E-state index is 0.119. The van der Waals surface area contributed by atoms with Crippen molar-refractivity contribution in [3.05, 3.63) is 58.7 Å². The number of carbonyl (C=O) groups excluding carboxylic acids is 2. The van der Waals surface area contributed by atoms with Crippen molar-refractivity contribution >= 4 is 24.0 Å². The SMILES string of the molecule is CCN(CC)C(=O)c1ccc(C2c3cc(OSN(C)C)c(OC)cc3CCN2C(=O)C(F)(F)F)cc1. The second-order valence-corrected chi connectivity index (χ2v) is 9.47. The Morgan fingerprint density at radius 2 is 1.72 bits per heavy atom. The Morgan fingerprint density at radius 1 is 1.08 bits per heavy atom. The number of benzene rings is 2. The summed E-state index contributed by atoms with van der Waals surface area (Å²) in [4.78, 5) is 27.7. The van der Waals surface area contributed by atoms with Crippen molar-refractivity contribution < 1.29 is 31.7 Å². The number of methoxy groups -OCH3 is 1. The molecule has 1 atom stereocenters. The molecule has 0 spiro atoms. The van der Waals surface area contributed by atoms with Crippen molar-refractivity contribution in [1.29, 1.82) is 0 Å². The molecule has 2 amide bonds. The lowest BCUT2D eigenvalue weighted by molar-refractivity contribution is -0.187. The van der Waals surface area contributed by atoms with Gasteiger partial charge in [-0.2, -0.15) is 13.2 Å². The fraction of sp³-hybridized carbons (Fsp3) is 0.440. The van der Waals surface area contributed by atoms with Crippen LogP contribution in [0.4, 0.5) is 13.2 Å². The fourth-order valence-electron chi connectivity index (χ4n) is 4.21. The summed E-state index contributed by atoms with van der Waals surface area (Å²) in [5.41, 5.74) is 2.15. The molecule has 1 aliphatic heterocycles. The maximum Gasteiger partial charge on any atom is 0.471 e. The van der Waals surface area contributed by atoms with E-state index in [9.17, 15) is 22.8 Å². The lowest BCUT2D eigenvalue weighted by atomic mass is 9.87. The molecule has 0 saturated heterocycles. The van der Waals surface area contributed by atoms with Gasteiger partial charge >= 0.3 is 12.1 Å². The molecular weight excluding hydrogens is 495 g/mol. The van der Waals surface area contributed by atoms with Gasteiger partial charge in [0.05, 0.1) is 13.2 Å². The highest BCUT2D eigenvalue weighted by molar-refractivity contribution is 7.92. The summed E-state index contributed by atoms with van der Waals surface area (Å²) in [6.45, 7) is 4.70. The fourth-order valence-corrected chi connectivity index (χ4v) is 4.57. The first-order valence-corrected chi connectivity index (χ1v) is 12.2. The molecule has 2 aromatic rings. The number of carbonyl (C=O) groups is 2. The Bertz CT molecular complexity index is 1090. The van der Waals surface area contributed by atoms with Crippen molar-refractivity contribution in [1.82, 2.24) is 14.1 Å². The third kappa shape index (κ3) is 5.89. The molecule has 2 aromatic carbocycles. The minimum Gasteiger partial charge on any atom is -0.493 e. The molecule has 0 saturated carbocycles. The highest BCUT2D eigenvalue weighted by atomic mass is 32.2. The number of ether oxygens (including phenoxy) is 1. The van der Waals surface area contributed by atoms with Gasteiger partial charge in [0.15, 0.2) is 11.5 Å². The van der Waals surface area contributed by atoms with E-state index in [4.69, 9.17) is 8.92 Å². The highest BCUT2D eigenvalue weighted by Gasteiger charge is 2.46. The summed E-state index contributed by atoms with van der Waals surface area (Å²) in [5.74, 6) is -1.31. The van der Waals surface area contributed by atoms with Crippen molar-refractivity contribution in [3.8, 4) is 11.5 Å². The van der Waals surface area contributed by atoms with Crippen LogP contribution in [0.1, 0.15) is 46.9 Å². The van der Waals surface area contributed by atoms with E-state index >= 15 is 0 Å². The zero-order valence-electron chi connectivity index (χ0n) is 20.9. The largest absolute Gasteiger partial charge is 0.493 e. The molecular formula is C25H30F3N3O4S. The number of nitrogens with zero attached hydrogens (tertiary/aromatic N) is 3. The van der Waals surface area contributed by atoms with Gasteiger partial charge in [0.2, 0.25) is 0 Å². The summed E-state index contributed by atoms with van der Waals surface area (Å²) in [6, 6.07) is 8.73. The van der Waals surface area contributed by atoms with Crippen LogP contribution < -0.4 is 8.92 Å². The Labute approximate surface area is 213 Å². The standard InChI is InChI=1S/C25H30F3N3O4S/c1-6-30(7-2)23(32)17-10-8-16(9-11-17)22-19-15-21(35-36-29(3)4)20(34-5)14-18(19)12-13-31(22)24(33)25(26,27)28/h8-11,14-15,22H,6-7,12-13H2,1-5H3. The van der Waals surface area contributed by atoms with Crippen molar-refractivity contribution in [2.24, 2.45) is 0 Å². The molecule has 1 aliphatic rings. The van der Waals surface area contributed by atoms with Gasteiger partial charge in [-0.1, -0.05) is 12.1 Å². The molecule has 1 unspecified atom stereocenters. The average molecular weight is 526 g/mol. The Morgan fingerprint density at radius 3 is 2.25 bits per heavy atom. The third-order valence-corrected chi connectivity index (χ3v) is 6.51. The molecule has 0 radical (unpaired) electrons. The van der Waals surface area contributed by atoms with Gasteiger partial charge in [-0.05, 0) is 61.2 Å². The zero-order valence-corrected chi connectivity index (χ0v) is 21.7. The lowest BCUT2D eigenvalue weighted by Crippen LogP contribution is -2.46. The monoisotopic (exact) mass is 525 g/mol. The summed E-state index contributed by atoms with van der Waals surface area (Å²) in [5, 5.41) is 0. The second kappa shape index (κ2) is 11.4. The summed E-state index contributed by atoms with van der Waals surface area (Å²) < 4.78 is 53.5. The van der Waals surface area contributed by atoms with E-state index in [0.29, 0.717) is 41.3 Å². The molecule has 196 valence electrons. The van der Waals surface area contributed by atoms with Crippen molar-refractivity contribution in [2.75, 3.05) is 40.8 Å². The Kier molecular flexibility index (Phi) is 8.78. The molecule has 7 nitrogen and oxygen atoms in total. The molecule has 1 heterocycles. The van der Waals surface area contributed by atoms with Crippen LogP contribution in [0, 0.1) is 0 Å². The van der Waals surface area contributed by atoms with Crippen LogP contribution in [0.25, 0.3) is 0 Å². The van der Waals surface area contributed by atoms with Crippen LogP contribution in [0.2, 0.25) is 0 Å². The van der Waals surface area contributed by atoms with Crippen LogP contribution in [0.5, 0.6) is 11.5 Å². The minimum atomic E-state index is -5.03. The molecule has 11 heteroatoms. The highest BCUT2D eigenvalue weighted by Crippen LogP contribution is 2.43. The first-order valence-electron chi connectivity index (χ1n) is 11.5. The van der Waals surface area contributed by atoms with Crippen LogP contribution in [-0.4, -0.2) is 72.9 Å². The maximum absolute atomic E-state index is 13.5. The number of amides is 2. The molecule has 0 aliphatic carbocycles. The van der Waals surface area contributed by atoms with E-state index in [0.717, 1.165) is 22.7 Å². The second-order valence-electron chi connectivity index (χ2n) is 8.42. The van der Waals surface area contributed by atoms with E-state index in [2.05, 4.69) is 0 Å². The Balaban J connectivity index is 2.10. The molecule has 0 N–H and O–H groups in total. The number of hydrogen-bond acceptors (Lipinski definition) is 6. The van der Waals surface area contributed by atoms with Crippen LogP contribution in [0.3, 0.4) is 0 Å². The topological polar surface area (TPSA) is 62.3 Å². The van der Waals surface area contributed by atoms with Crippen LogP contribution in [-0.2, 0) is 11.2 Å². The van der Waals surface area contributed by atoms with Crippen molar-refractivity contribution in [2.45, 2.75) is 32.5 Å². The quantitative estimate of drug-likeness (QED) is 0.367. The molecule has 0 fully saturated rings. The molecule has 3 rings (SSSR count). The van der Waals surface area contributed by atoms with Gasteiger partial charge < -0.3 is 18.7 Å². The van der Waals surface area contributed by atoms with Crippen LogP contribution >= 0.6 is 12.2 Å². The van der Waals surface area contributed by atoms with E-state index in [-0.39, 0.29) is 18.9 Å². The lowest BCUT2D eigenvalue weighted by Gasteiger charge is -2.38. The van der Waals surface area contributed by atoms with Crippen LogP contribution in [0.15, 0.2) is 36.4 Å². The first kappa shape index (κ1) is 27.7.